The molecule has 3 aromatic rings. The highest BCUT2D eigenvalue weighted by Gasteiger charge is 2.24. The second-order valence-corrected chi connectivity index (χ2v) is 7.95. The summed E-state index contributed by atoms with van der Waals surface area (Å²) in [5.74, 6) is 1.08. The van der Waals surface area contributed by atoms with Gasteiger partial charge in [-0.25, -0.2) is 14.8 Å². The van der Waals surface area contributed by atoms with E-state index in [9.17, 15) is 9.59 Å². The lowest BCUT2D eigenvalue weighted by atomic mass is 10.0. The summed E-state index contributed by atoms with van der Waals surface area (Å²) >= 11 is 1.31. The Bertz CT molecular complexity index is 1140. The number of nitrogens with zero attached hydrogens (tertiary/aromatic N) is 3. The Morgan fingerprint density at radius 3 is 2.79 bits per heavy atom. The fourth-order valence-electron chi connectivity index (χ4n) is 3.74. The molecule has 0 spiro atoms. The van der Waals surface area contributed by atoms with Gasteiger partial charge in [0.05, 0.1) is 12.5 Å². The van der Waals surface area contributed by atoms with E-state index in [4.69, 9.17) is 4.74 Å². The highest BCUT2D eigenvalue weighted by atomic mass is 32.1. The summed E-state index contributed by atoms with van der Waals surface area (Å²) in [6, 6.07) is 5.99. The van der Waals surface area contributed by atoms with Gasteiger partial charge in [0.1, 0.15) is 21.3 Å². The molecular formula is C21H22N4O3S. The number of anilines is 3. The Balaban J connectivity index is 1.76. The maximum Gasteiger partial charge on any atom is 0.348 e. The number of hydrogen-bond acceptors (Lipinski definition) is 7. The Labute approximate surface area is 172 Å². The molecule has 0 saturated carbocycles. The number of carbonyl (C=O) groups is 2. The standard InChI is InChI=1S/C21H22N4O3S/c1-5-25-15-8-7-14(10-13(15)6-9-16(25)26)24-19-17-11(2)18(21(27)28-4)29-20(17)23-12(3)22-19/h7-8,10H,5-6,9H2,1-4H3,(H,22,23,24). The van der Waals surface area contributed by atoms with Crippen LogP contribution in [0, 0.1) is 13.8 Å². The fourth-order valence-corrected chi connectivity index (χ4v) is 4.89. The van der Waals surface area contributed by atoms with Crippen LogP contribution in [-0.2, 0) is 16.0 Å². The van der Waals surface area contributed by atoms with E-state index in [-0.39, 0.29) is 11.9 Å². The fraction of sp³-hybridized carbons (Fsp3) is 0.333. The number of thiophene rings is 1. The van der Waals surface area contributed by atoms with Gasteiger partial charge in [-0.15, -0.1) is 11.3 Å². The first kappa shape index (κ1) is 19.3. The van der Waals surface area contributed by atoms with Gasteiger partial charge in [-0.3, -0.25) is 4.79 Å². The average Bonchev–Trinajstić information content (AvgIpc) is 3.03. The first-order valence-electron chi connectivity index (χ1n) is 9.49. The van der Waals surface area contributed by atoms with Crippen molar-refractivity contribution < 1.29 is 14.3 Å². The molecule has 0 saturated heterocycles. The third kappa shape index (κ3) is 3.33. The van der Waals surface area contributed by atoms with Crippen LogP contribution >= 0.6 is 11.3 Å². The Hall–Kier alpha value is -3.00. The second kappa shape index (κ2) is 7.44. The van der Waals surface area contributed by atoms with Crippen LogP contribution in [0.4, 0.5) is 17.2 Å². The number of nitrogens with one attached hydrogen (secondary N) is 1. The van der Waals surface area contributed by atoms with E-state index in [0.717, 1.165) is 39.1 Å². The topological polar surface area (TPSA) is 84.4 Å². The molecule has 4 rings (SSSR count). The van der Waals surface area contributed by atoms with Crippen molar-refractivity contribution in [1.29, 1.82) is 0 Å². The number of aryl methyl sites for hydroxylation is 3. The smallest absolute Gasteiger partial charge is 0.348 e. The maximum atomic E-state index is 12.1. The van der Waals surface area contributed by atoms with Crippen molar-refractivity contribution in [3.63, 3.8) is 0 Å². The summed E-state index contributed by atoms with van der Waals surface area (Å²) in [7, 11) is 1.37. The van der Waals surface area contributed by atoms with Gasteiger partial charge in [0.25, 0.3) is 0 Å². The number of ether oxygens (including phenoxy) is 1. The van der Waals surface area contributed by atoms with Crippen LogP contribution in [0.15, 0.2) is 18.2 Å². The van der Waals surface area contributed by atoms with Crippen LogP contribution < -0.4 is 10.2 Å². The summed E-state index contributed by atoms with van der Waals surface area (Å²) in [5, 5.41) is 4.22. The van der Waals surface area contributed by atoms with Crippen molar-refractivity contribution in [2.24, 2.45) is 0 Å². The summed E-state index contributed by atoms with van der Waals surface area (Å²) < 4.78 is 4.90. The summed E-state index contributed by atoms with van der Waals surface area (Å²) in [5.41, 5.74) is 3.80. The number of methoxy groups -OCH3 is 1. The second-order valence-electron chi connectivity index (χ2n) is 6.95. The van der Waals surface area contributed by atoms with Gasteiger partial charge < -0.3 is 15.0 Å². The normalized spacial score (nSPS) is 13.5. The minimum absolute atomic E-state index is 0.165. The molecule has 2 aromatic heterocycles. The molecule has 3 heterocycles. The molecule has 0 fully saturated rings. The first-order valence-corrected chi connectivity index (χ1v) is 10.3. The molecule has 1 N–H and O–H groups in total. The van der Waals surface area contributed by atoms with Gasteiger partial charge in [-0.1, -0.05) is 0 Å². The average molecular weight is 410 g/mol. The highest BCUT2D eigenvalue weighted by molar-refractivity contribution is 7.20. The third-order valence-electron chi connectivity index (χ3n) is 5.13. The lowest BCUT2D eigenvalue weighted by Gasteiger charge is -2.28. The highest BCUT2D eigenvalue weighted by Crippen LogP contribution is 2.36. The van der Waals surface area contributed by atoms with E-state index in [1.165, 1.54) is 18.4 Å². The number of amides is 1. The number of fused-ring (bicyclic) bond motifs is 2. The van der Waals surface area contributed by atoms with Crippen LogP contribution in [0.3, 0.4) is 0 Å². The lowest BCUT2D eigenvalue weighted by Crippen LogP contribution is -2.34. The van der Waals surface area contributed by atoms with Gasteiger partial charge in [0, 0.05) is 24.3 Å². The number of esters is 1. The molecule has 0 unspecified atom stereocenters. The van der Waals surface area contributed by atoms with Gasteiger partial charge in [-0.05, 0) is 56.5 Å². The molecule has 0 bridgehead atoms. The lowest BCUT2D eigenvalue weighted by molar-refractivity contribution is -0.118. The predicted molar refractivity (Wildman–Crippen MR) is 114 cm³/mol. The summed E-state index contributed by atoms with van der Waals surface area (Å²) in [4.78, 5) is 36.4. The van der Waals surface area contributed by atoms with Gasteiger partial charge in [-0.2, -0.15) is 0 Å². The Morgan fingerprint density at radius 2 is 2.07 bits per heavy atom. The van der Waals surface area contributed by atoms with E-state index in [0.29, 0.717) is 29.5 Å². The van der Waals surface area contributed by atoms with E-state index < -0.39 is 0 Å². The minimum atomic E-state index is -0.368. The minimum Gasteiger partial charge on any atom is -0.465 e. The van der Waals surface area contributed by atoms with Crippen LogP contribution in [-0.4, -0.2) is 35.5 Å². The summed E-state index contributed by atoms with van der Waals surface area (Å²) in [6.07, 6.45) is 1.25. The molecule has 29 heavy (non-hydrogen) atoms. The van der Waals surface area contributed by atoms with Crippen LogP contribution in [0.5, 0.6) is 0 Å². The first-order chi connectivity index (χ1) is 13.9. The van der Waals surface area contributed by atoms with Gasteiger partial charge >= 0.3 is 5.97 Å². The zero-order valence-corrected chi connectivity index (χ0v) is 17.6. The molecule has 0 aliphatic carbocycles. The van der Waals surface area contributed by atoms with Crippen LogP contribution in [0.25, 0.3) is 10.2 Å². The quantitative estimate of drug-likeness (QED) is 0.651. The third-order valence-corrected chi connectivity index (χ3v) is 6.30. The van der Waals surface area contributed by atoms with Crippen LogP contribution in [0.1, 0.15) is 40.0 Å². The number of benzene rings is 1. The summed E-state index contributed by atoms with van der Waals surface area (Å²) in [6.45, 7) is 6.36. The molecule has 0 atom stereocenters. The maximum absolute atomic E-state index is 12.1. The van der Waals surface area contributed by atoms with Crippen molar-refractivity contribution in [2.45, 2.75) is 33.6 Å². The number of hydrogen-bond donors (Lipinski definition) is 1. The van der Waals surface area contributed by atoms with Crippen molar-refractivity contribution in [1.82, 2.24) is 9.97 Å². The van der Waals surface area contributed by atoms with Crippen LogP contribution in [0.2, 0.25) is 0 Å². The molecule has 1 aromatic carbocycles. The van der Waals surface area contributed by atoms with Crippen molar-refractivity contribution >= 4 is 50.6 Å². The van der Waals surface area contributed by atoms with E-state index in [1.54, 1.807) is 0 Å². The SMILES string of the molecule is CCN1C(=O)CCc2cc(Nc3nc(C)nc4sc(C(=O)OC)c(C)c34)ccc21. The molecule has 0 radical (unpaired) electrons. The number of aromatic nitrogens is 2. The van der Waals surface area contributed by atoms with Gasteiger partial charge in [0.2, 0.25) is 5.91 Å². The van der Waals surface area contributed by atoms with E-state index in [1.807, 2.05) is 37.8 Å². The van der Waals surface area contributed by atoms with E-state index >= 15 is 0 Å². The van der Waals surface area contributed by atoms with Gasteiger partial charge in [0.15, 0.2) is 0 Å². The molecule has 7 nitrogen and oxygen atoms in total. The molecule has 1 amide bonds. The van der Waals surface area contributed by atoms with Crippen molar-refractivity contribution in [3.05, 3.63) is 40.0 Å². The Kier molecular flexibility index (Phi) is 4.96. The van der Waals surface area contributed by atoms with Crippen molar-refractivity contribution in [3.8, 4) is 0 Å². The monoisotopic (exact) mass is 410 g/mol. The molecule has 1 aliphatic heterocycles. The zero-order valence-electron chi connectivity index (χ0n) is 16.8. The molecule has 150 valence electrons. The molecule has 8 heteroatoms. The molecule has 1 aliphatic rings. The Morgan fingerprint density at radius 1 is 1.28 bits per heavy atom. The molecular weight excluding hydrogens is 388 g/mol. The van der Waals surface area contributed by atoms with Crippen molar-refractivity contribution in [2.75, 3.05) is 23.9 Å². The number of rotatable bonds is 4. The van der Waals surface area contributed by atoms with E-state index in [2.05, 4.69) is 21.4 Å². The predicted octanol–water partition coefficient (Wildman–Crippen LogP) is 4.14. The largest absolute Gasteiger partial charge is 0.465 e. The zero-order chi connectivity index (χ0) is 20.7. The number of carbonyl (C=O) groups excluding carboxylic acids is 2.